The van der Waals surface area contributed by atoms with E-state index >= 15 is 0 Å². The van der Waals surface area contributed by atoms with Crippen molar-refractivity contribution in [3.8, 4) is 0 Å². The molecular formula is C10H18ClN3OS. The highest BCUT2D eigenvalue weighted by Gasteiger charge is 2.09. The molecule has 1 rings (SSSR count). The van der Waals surface area contributed by atoms with E-state index in [9.17, 15) is 4.79 Å². The van der Waals surface area contributed by atoms with Gasteiger partial charge in [-0.1, -0.05) is 13.8 Å². The van der Waals surface area contributed by atoms with Gasteiger partial charge in [0.2, 0.25) is 5.91 Å². The zero-order chi connectivity index (χ0) is 11.4. The van der Waals surface area contributed by atoms with Crippen molar-refractivity contribution in [3.05, 3.63) is 16.1 Å². The third-order valence-corrected chi connectivity index (χ3v) is 2.86. The topological polar surface area (TPSA) is 68.0 Å². The highest BCUT2D eigenvalue weighted by Crippen LogP contribution is 2.17. The van der Waals surface area contributed by atoms with Gasteiger partial charge in [-0.15, -0.1) is 23.7 Å². The van der Waals surface area contributed by atoms with Gasteiger partial charge in [0.15, 0.2) is 0 Å². The van der Waals surface area contributed by atoms with Gasteiger partial charge in [-0.25, -0.2) is 4.98 Å². The molecule has 0 aliphatic heterocycles. The van der Waals surface area contributed by atoms with Gasteiger partial charge in [0.1, 0.15) is 5.01 Å². The van der Waals surface area contributed by atoms with Crippen LogP contribution in [0.2, 0.25) is 0 Å². The highest BCUT2D eigenvalue weighted by molar-refractivity contribution is 7.09. The summed E-state index contributed by atoms with van der Waals surface area (Å²) in [5.74, 6) is 0.287. The number of rotatable bonds is 4. The molecule has 0 bridgehead atoms. The van der Waals surface area contributed by atoms with Crippen molar-refractivity contribution in [2.75, 3.05) is 0 Å². The molecule has 16 heavy (non-hydrogen) atoms. The number of aromatic nitrogens is 1. The second-order valence-electron chi connectivity index (χ2n) is 3.83. The van der Waals surface area contributed by atoms with E-state index in [0.717, 1.165) is 10.7 Å². The lowest BCUT2D eigenvalue weighted by Gasteiger charge is -2.05. The molecule has 1 unspecified atom stereocenters. The fourth-order valence-corrected chi connectivity index (χ4v) is 1.89. The highest BCUT2D eigenvalue weighted by atomic mass is 35.5. The second kappa shape index (κ2) is 6.83. The molecule has 1 aromatic rings. The molecule has 0 spiro atoms. The van der Waals surface area contributed by atoms with Gasteiger partial charge in [0, 0.05) is 5.38 Å². The first kappa shape index (κ1) is 15.3. The number of carbonyl (C=O) groups is 1. The van der Waals surface area contributed by atoms with E-state index in [1.807, 2.05) is 5.38 Å². The van der Waals surface area contributed by atoms with Gasteiger partial charge in [-0.3, -0.25) is 4.79 Å². The van der Waals surface area contributed by atoms with Gasteiger partial charge < -0.3 is 11.1 Å². The number of carbonyl (C=O) groups excluding carboxylic acids is 1. The van der Waals surface area contributed by atoms with E-state index in [1.165, 1.54) is 0 Å². The van der Waals surface area contributed by atoms with E-state index in [0.29, 0.717) is 12.5 Å². The Labute approximate surface area is 106 Å². The van der Waals surface area contributed by atoms with Gasteiger partial charge in [-0.05, 0) is 12.8 Å². The maximum atomic E-state index is 11.2. The minimum atomic E-state index is -0.463. The lowest BCUT2D eigenvalue weighted by atomic mass is 10.2. The number of thiazole rings is 1. The van der Waals surface area contributed by atoms with Crippen molar-refractivity contribution >= 4 is 29.7 Å². The van der Waals surface area contributed by atoms with Crippen LogP contribution in [0.1, 0.15) is 37.4 Å². The lowest BCUT2D eigenvalue weighted by molar-refractivity contribution is -0.122. The van der Waals surface area contributed by atoms with Gasteiger partial charge >= 0.3 is 0 Å². The van der Waals surface area contributed by atoms with E-state index in [4.69, 9.17) is 5.73 Å². The first-order valence-electron chi connectivity index (χ1n) is 4.98. The summed E-state index contributed by atoms with van der Waals surface area (Å²) in [5.41, 5.74) is 6.50. The van der Waals surface area contributed by atoms with Gasteiger partial charge in [0.05, 0.1) is 18.3 Å². The van der Waals surface area contributed by atoms with Crippen LogP contribution in [0.15, 0.2) is 5.38 Å². The monoisotopic (exact) mass is 263 g/mol. The largest absolute Gasteiger partial charge is 0.348 e. The molecule has 1 aromatic heterocycles. The van der Waals surface area contributed by atoms with Crippen molar-refractivity contribution in [3.63, 3.8) is 0 Å². The van der Waals surface area contributed by atoms with Crippen LogP contribution in [0.4, 0.5) is 0 Å². The number of hydrogen-bond acceptors (Lipinski definition) is 4. The Bertz CT molecular complexity index is 339. The van der Waals surface area contributed by atoms with Crippen LogP contribution in [0.3, 0.4) is 0 Å². The zero-order valence-corrected chi connectivity index (χ0v) is 11.3. The summed E-state index contributed by atoms with van der Waals surface area (Å²) in [6.45, 7) is 6.33. The minimum Gasteiger partial charge on any atom is -0.348 e. The number of amides is 1. The summed E-state index contributed by atoms with van der Waals surface area (Å²) in [6, 6.07) is -0.463. The molecule has 1 heterocycles. The molecule has 1 amide bonds. The Morgan fingerprint density at radius 1 is 1.56 bits per heavy atom. The standard InChI is InChI=1S/C10H17N3OS.ClH/c1-6(2)8-5-15-9(13-8)4-12-10(14)7(3)11;/h5-7H,4,11H2,1-3H3,(H,12,14);1H. The van der Waals surface area contributed by atoms with Gasteiger partial charge in [0.25, 0.3) is 0 Å². The van der Waals surface area contributed by atoms with Crippen LogP contribution in [0.5, 0.6) is 0 Å². The fraction of sp³-hybridized carbons (Fsp3) is 0.600. The van der Waals surface area contributed by atoms with Crippen LogP contribution < -0.4 is 11.1 Å². The smallest absolute Gasteiger partial charge is 0.236 e. The molecule has 3 N–H and O–H groups in total. The molecule has 0 saturated heterocycles. The third kappa shape index (κ3) is 4.47. The predicted molar refractivity (Wildman–Crippen MR) is 68.9 cm³/mol. The fourth-order valence-electron chi connectivity index (χ4n) is 0.995. The summed E-state index contributed by atoms with van der Waals surface area (Å²) < 4.78 is 0. The van der Waals surface area contributed by atoms with E-state index < -0.39 is 6.04 Å². The molecule has 0 fully saturated rings. The Hall–Kier alpha value is -0.650. The molecule has 92 valence electrons. The van der Waals surface area contributed by atoms with Gasteiger partial charge in [-0.2, -0.15) is 0 Å². The first-order chi connectivity index (χ1) is 7.00. The molecule has 0 radical (unpaired) electrons. The van der Waals surface area contributed by atoms with Crippen LogP contribution >= 0.6 is 23.7 Å². The van der Waals surface area contributed by atoms with Crippen LogP contribution in [-0.2, 0) is 11.3 Å². The molecular weight excluding hydrogens is 246 g/mol. The lowest BCUT2D eigenvalue weighted by Crippen LogP contribution is -2.37. The van der Waals surface area contributed by atoms with E-state index in [1.54, 1.807) is 18.3 Å². The average Bonchev–Trinajstić information content (AvgIpc) is 2.62. The SMILES string of the molecule is CC(N)C(=O)NCc1nc(C(C)C)cs1.Cl. The maximum absolute atomic E-state index is 11.2. The number of halogens is 1. The molecule has 0 aromatic carbocycles. The van der Waals surface area contributed by atoms with Crippen molar-refractivity contribution in [1.82, 2.24) is 10.3 Å². The predicted octanol–water partition coefficient (Wildman–Crippen LogP) is 1.65. The molecule has 0 aliphatic carbocycles. The first-order valence-corrected chi connectivity index (χ1v) is 5.86. The van der Waals surface area contributed by atoms with E-state index in [2.05, 4.69) is 24.1 Å². The normalized spacial score (nSPS) is 12.1. The molecule has 6 heteroatoms. The summed E-state index contributed by atoms with van der Waals surface area (Å²) in [4.78, 5) is 15.6. The third-order valence-electron chi connectivity index (χ3n) is 1.99. The van der Waals surface area contributed by atoms with Crippen LogP contribution in [0.25, 0.3) is 0 Å². The van der Waals surface area contributed by atoms with Crippen LogP contribution in [0, 0.1) is 0 Å². The molecule has 4 nitrogen and oxygen atoms in total. The van der Waals surface area contributed by atoms with Crippen molar-refractivity contribution in [2.45, 2.75) is 39.3 Å². The average molecular weight is 264 g/mol. The Kier molecular flexibility index (Phi) is 6.55. The van der Waals surface area contributed by atoms with E-state index in [-0.39, 0.29) is 18.3 Å². The Morgan fingerprint density at radius 3 is 2.62 bits per heavy atom. The summed E-state index contributed by atoms with van der Waals surface area (Å²) >= 11 is 1.56. The van der Waals surface area contributed by atoms with Crippen molar-refractivity contribution in [2.24, 2.45) is 5.73 Å². The second-order valence-corrected chi connectivity index (χ2v) is 4.77. The zero-order valence-electron chi connectivity index (χ0n) is 9.69. The Morgan fingerprint density at radius 2 is 2.19 bits per heavy atom. The molecule has 1 atom stereocenters. The quantitative estimate of drug-likeness (QED) is 0.868. The van der Waals surface area contributed by atoms with Crippen molar-refractivity contribution in [1.29, 1.82) is 0 Å². The van der Waals surface area contributed by atoms with Crippen molar-refractivity contribution < 1.29 is 4.79 Å². The Balaban J connectivity index is 0.00000225. The summed E-state index contributed by atoms with van der Waals surface area (Å²) in [6.07, 6.45) is 0. The number of nitrogens with two attached hydrogens (primary N) is 1. The van der Waals surface area contributed by atoms with Crippen LogP contribution in [-0.4, -0.2) is 16.9 Å². The number of nitrogens with zero attached hydrogens (tertiary/aromatic N) is 1. The summed E-state index contributed by atoms with van der Waals surface area (Å²) in [7, 11) is 0. The minimum absolute atomic E-state index is 0. The number of nitrogens with one attached hydrogen (secondary N) is 1. The number of hydrogen-bond donors (Lipinski definition) is 2. The molecule has 0 aliphatic rings. The molecule has 0 saturated carbocycles. The maximum Gasteiger partial charge on any atom is 0.236 e. The summed E-state index contributed by atoms with van der Waals surface area (Å²) in [5, 5.41) is 5.68.